The fourth-order valence-corrected chi connectivity index (χ4v) is 3.81. The number of nitrogens with one attached hydrogen (secondary N) is 1. The number of hydrogen-bond donors (Lipinski definition) is 1. The predicted octanol–water partition coefficient (Wildman–Crippen LogP) is 5.77. The second kappa shape index (κ2) is 9.42. The highest BCUT2D eigenvalue weighted by Gasteiger charge is 2.22. The van der Waals surface area contributed by atoms with Gasteiger partial charge in [-0.25, -0.2) is 9.97 Å². The second-order valence-corrected chi connectivity index (χ2v) is 7.65. The lowest BCUT2D eigenvalue weighted by molar-refractivity contribution is 0.0762. The van der Waals surface area contributed by atoms with Crippen LogP contribution in [0.4, 0.5) is 11.4 Å². The third kappa shape index (κ3) is 4.80. The quantitative estimate of drug-likeness (QED) is 0.572. The highest BCUT2D eigenvalue weighted by Crippen LogP contribution is 2.31. The van der Waals surface area contributed by atoms with Crippen LogP contribution in [0.25, 0.3) is 11.0 Å². The van der Waals surface area contributed by atoms with Crippen molar-refractivity contribution in [1.82, 2.24) is 14.9 Å². The molecule has 1 fully saturated rings. The molecule has 0 spiro atoms. The van der Waals surface area contributed by atoms with E-state index < -0.39 is 0 Å². The van der Waals surface area contributed by atoms with Crippen LogP contribution in [0, 0.1) is 6.92 Å². The van der Waals surface area contributed by atoms with E-state index in [1.165, 1.54) is 12.8 Å². The number of aromatic nitrogens is 2. The number of aryl methyl sites for hydroxylation is 1. The molecule has 3 heterocycles. The monoisotopic (exact) mass is 430 g/mol. The van der Waals surface area contributed by atoms with Crippen molar-refractivity contribution in [2.45, 2.75) is 32.6 Å². The average Bonchev–Trinajstić information content (AvgIpc) is 2.97. The number of benzene rings is 1. The number of hydrogen-bond acceptors (Lipinski definition) is 4. The normalized spacial score (nSPS) is 14.2. The van der Waals surface area contributed by atoms with E-state index in [0.717, 1.165) is 48.4 Å². The fraction of sp³-hybridized carbons (Fsp3) is 0.318. The molecule has 5 nitrogen and oxygen atoms in total. The highest BCUT2D eigenvalue weighted by molar-refractivity contribution is 6.30. The van der Waals surface area contributed by atoms with Crippen molar-refractivity contribution in [3.05, 3.63) is 58.9 Å². The van der Waals surface area contributed by atoms with Crippen molar-refractivity contribution in [1.29, 1.82) is 0 Å². The number of pyridine rings is 2. The van der Waals surface area contributed by atoms with Crippen molar-refractivity contribution >= 4 is 52.3 Å². The number of rotatable bonds is 3. The van der Waals surface area contributed by atoms with Gasteiger partial charge in [-0.1, -0.05) is 30.5 Å². The van der Waals surface area contributed by atoms with Crippen molar-refractivity contribution < 1.29 is 4.79 Å². The summed E-state index contributed by atoms with van der Waals surface area (Å²) in [6, 6.07) is 11.4. The molecule has 1 saturated heterocycles. The van der Waals surface area contributed by atoms with E-state index in [-0.39, 0.29) is 18.3 Å². The van der Waals surface area contributed by atoms with Gasteiger partial charge in [0, 0.05) is 41.1 Å². The molecule has 2 aromatic heterocycles. The predicted molar refractivity (Wildman–Crippen MR) is 121 cm³/mol. The Morgan fingerprint density at radius 2 is 1.86 bits per heavy atom. The molecule has 0 radical (unpaired) electrons. The van der Waals surface area contributed by atoms with Gasteiger partial charge < -0.3 is 10.2 Å². The summed E-state index contributed by atoms with van der Waals surface area (Å²) in [7, 11) is 0. The lowest BCUT2D eigenvalue weighted by Gasteiger charge is -2.22. The lowest BCUT2D eigenvalue weighted by Crippen LogP contribution is -2.32. The Morgan fingerprint density at radius 1 is 1.10 bits per heavy atom. The largest absolute Gasteiger partial charge is 0.354 e. The first kappa shape index (κ1) is 21.3. The van der Waals surface area contributed by atoms with E-state index >= 15 is 0 Å². The van der Waals surface area contributed by atoms with E-state index in [9.17, 15) is 4.79 Å². The molecule has 0 saturated carbocycles. The first-order chi connectivity index (χ1) is 13.6. The highest BCUT2D eigenvalue weighted by atomic mass is 35.5. The fourth-order valence-electron chi connectivity index (χ4n) is 3.62. The molecular formula is C22H24Cl2N4O. The van der Waals surface area contributed by atoms with Crippen LogP contribution in [0.3, 0.4) is 0 Å². The van der Waals surface area contributed by atoms with E-state index in [2.05, 4.69) is 15.3 Å². The van der Waals surface area contributed by atoms with Crippen molar-refractivity contribution in [2.75, 3.05) is 18.4 Å². The van der Waals surface area contributed by atoms with Gasteiger partial charge in [0.15, 0.2) is 5.65 Å². The Kier molecular flexibility index (Phi) is 6.93. The SMILES string of the molecule is Cc1ccc2c(Nc3cccc(Cl)c3)c(C(=O)N3CCCCCC3)cnc2n1.Cl. The topological polar surface area (TPSA) is 58.1 Å². The number of amides is 1. The summed E-state index contributed by atoms with van der Waals surface area (Å²) in [5.41, 5.74) is 3.64. The van der Waals surface area contributed by atoms with Crippen LogP contribution in [0.5, 0.6) is 0 Å². The van der Waals surface area contributed by atoms with Crippen LogP contribution in [-0.4, -0.2) is 33.9 Å². The van der Waals surface area contributed by atoms with Gasteiger partial charge >= 0.3 is 0 Å². The summed E-state index contributed by atoms with van der Waals surface area (Å²) < 4.78 is 0. The second-order valence-electron chi connectivity index (χ2n) is 7.21. The number of fused-ring (bicyclic) bond motifs is 1. The summed E-state index contributed by atoms with van der Waals surface area (Å²) in [5.74, 6) is 0.0152. The summed E-state index contributed by atoms with van der Waals surface area (Å²) >= 11 is 6.15. The van der Waals surface area contributed by atoms with Gasteiger partial charge in [0.2, 0.25) is 0 Å². The molecule has 3 aromatic rings. The van der Waals surface area contributed by atoms with Crippen LogP contribution in [-0.2, 0) is 0 Å². The molecular weight excluding hydrogens is 407 g/mol. The summed E-state index contributed by atoms with van der Waals surface area (Å²) in [5, 5.41) is 4.86. The zero-order chi connectivity index (χ0) is 19.5. The van der Waals surface area contributed by atoms with Crippen LogP contribution < -0.4 is 5.32 Å². The molecule has 1 N–H and O–H groups in total. The number of carbonyl (C=O) groups is 1. The molecule has 0 unspecified atom stereocenters. The molecule has 0 atom stereocenters. The zero-order valence-electron chi connectivity index (χ0n) is 16.3. The van der Waals surface area contributed by atoms with Crippen molar-refractivity contribution in [3.8, 4) is 0 Å². The number of halogens is 2. The van der Waals surface area contributed by atoms with E-state index in [1.807, 2.05) is 48.2 Å². The van der Waals surface area contributed by atoms with Gasteiger partial charge in [-0.15, -0.1) is 12.4 Å². The zero-order valence-corrected chi connectivity index (χ0v) is 17.9. The van der Waals surface area contributed by atoms with Crippen molar-refractivity contribution in [3.63, 3.8) is 0 Å². The van der Waals surface area contributed by atoms with Gasteiger partial charge in [-0.05, 0) is 50.1 Å². The maximum absolute atomic E-state index is 13.3. The standard InChI is InChI=1S/C22H23ClN4O.ClH/c1-15-9-10-18-20(26-17-8-6-7-16(23)13-17)19(14-24-21(18)25-15)22(28)27-11-4-2-3-5-12-27;/h6-10,13-14H,2-5,11-12H2,1H3,(H,24,25,26);1H. The maximum atomic E-state index is 13.3. The third-order valence-electron chi connectivity index (χ3n) is 5.09. The van der Waals surface area contributed by atoms with Crippen LogP contribution in [0.2, 0.25) is 5.02 Å². The molecule has 1 aliphatic rings. The number of carbonyl (C=O) groups excluding carboxylic acids is 1. The first-order valence-corrected chi connectivity index (χ1v) is 10.1. The molecule has 7 heteroatoms. The van der Waals surface area contributed by atoms with Gasteiger partial charge in [-0.3, -0.25) is 4.79 Å². The van der Waals surface area contributed by atoms with Crippen LogP contribution in [0.15, 0.2) is 42.6 Å². The molecule has 29 heavy (non-hydrogen) atoms. The minimum Gasteiger partial charge on any atom is -0.354 e. The van der Waals surface area contributed by atoms with Gasteiger partial charge in [0.25, 0.3) is 5.91 Å². The number of likely N-dealkylation sites (tertiary alicyclic amines) is 1. The number of nitrogens with zero attached hydrogens (tertiary/aromatic N) is 3. The van der Waals surface area contributed by atoms with Crippen LogP contribution >= 0.6 is 24.0 Å². The molecule has 1 aromatic carbocycles. The molecule has 0 aliphatic carbocycles. The summed E-state index contributed by atoms with van der Waals surface area (Å²) in [6.45, 7) is 3.51. The smallest absolute Gasteiger partial charge is 0.257 e. The Morgan fingerprint density at radius 3 is 2.59 bits per heavy atom. The van der Waals surface area contributed by atoms with Crippen molar-refractivity contribution in [2.24, 2.45) is 0 Å². The minimum absolute atomic E-state index is 0. The van der Waals surface area contributed by atoms with E-state index in [4.69, 9.17) is 11.6 Å². The minimum atomic E-state index is 0. The summed E-state index contributed by atoms with van der Waals surface area (Å²) in [6.07, 6.45) is 6.09. The molecule has 152 valence electrons. The maximum Gasteiger partial charge on any atom is 0.257 e. The lowest BCUT2D eigenvalue weighted by atomic mass is 10.1. The molecule has 0 bridgehead atoms. The average molecular weight is 431 g/mol. The Bertz CT molecular complexity index is 1020. The Hall–Kier alpha value is -2.37. The first-order valence-electron chi connectivity index (χ1n) is 9.70. The van der Waals surface area contributed by atoms with Gasteiger partial charge in [-0.2, -0.15) is 0 Å². The Balaban J connectivity index is 0.00000240. The number of anilines is 2. The Labute approximate surface area is 181 Å². The molecule has 1 aliphatic heterocycles. The van der Waals surface area contributed by atoms with E-state index in [0.29, 0.717) is 16.2 Å². The molecule has 4 rings (SSSR count). The van der Waals surface area contributed by atoms with Gasteiger partial charge in [0.1, 0.15) is 0 Å². The molecule has 1 amide bonds. The van der Waals surface area contributed by atoms with Crippen LogP contribution in [0.1, 0.15) is 41.7 Å². The third-order valence-corrected chi connectivity index (χ3v) is 5.32. The van der Waals surface area contributed by atoms with E-state index in [1.54, 1.807) is 6.20 Å². The van der Waals surface area contributed by atoms with Gasteiger partial charge in [0.05, 0.1) is 11.3 Å². The summed E-state index contributed by atoms with van der Waals surface area (Å²) in [4.78, 5) is 24.3.